The fourth-order valence-corrected chi connectivity index (χ4v) is 2.49. The molecule has 5 heteroatoms. The molecule has 0 radical (unpaired) electrons. The van der Waals surface area contributed by atoms with E-state index in [2.05, 4.69) is 15.7 Å². The van der Waals surface area contributed by atoms with E-state index in [1.807, 2.05) is 10.9 Å². The van der Waals surface area contributed by atoms with Gasteiger partial charge in [0.25, 0.3) is 0 Å². The number of nitrogens with zero attached hydrogens (tertiary/aromatic N) is 2. The second-order valence-electron chi connectivity index (χ2n) is 5.22. The predicted molar refractivity (Wildman–Crippen MR) is 68.4 cm³/mol. The standard InChI is InChI=1S/C13H20N4O/c18-13(16-11-5-6-11)14-7-8-17-12-4-2-1-3-10(12)9-15-17/h9,11H,1-8H2,(H2,14,16,18). The van der Waals surface area contributed by atoms with Gasteiger partial charge in [-0.1, -0.05) is 0 Å². The predicted octanol–water partition coefficient (Wildman–Crippen LogP) is 1.22. The molecule has 98 valence electrons. The van der Waals surface area contributed by atoms with Crippen LogP contribution in [0.25, 0.3) is 0 Å². The zero-order valence-electron chi connectivity index (χ0n) is 10.6. The first-order valence-electron chi connectivity index (χ1n) is 6.91. The molecule has 1 aromatic heterocycles. The number of fused-ring (bicyclic) bond motifs is 1. The van der Waals surface area contributed by atoms with Gasteiger partial charge in [0.05, 0.1) is 12.7 Å². The Kier molecular flexibility index (Phi) is 3.21. The molecule has 0 saturated heterocycles. The molecule has 1 aromatic rings. The van der Waals surface area contributed by atoms with Crippen molar-refractivity contribution in [2.45, 2.75) is 51.1 Å². The minimum atomic E-state index is -0.0430. The summed E-state index contributed by atoms with van der Waals surface area (Å²) in [5, 5.41) is 10.2. The van der Waals surface area contributed by atoms with E-state index in [-0.39, 0.29) is 6.03 Å². The fraction of sp³-hybridized carbons (Fsp3) is 0.692. The first-order chi connectivity index (χ1) is 8.83. The van der Waals surface area contributed by atoms with Crippen LogP contribution in [-0.4, -0.2) is 28.4 Å². The van der Waals surface area contributed by atoms with Crippen LogP contribution in [0.3, 0.4) is 0 Å². The van der Waals surface area contributed by atoms with E-state index in [0.717, 1.165) is 32.2 Å². The monoisotopic (exact) mass is 248 g/mol. The summed E-state index contributed by atoms with van der Waals surface area (Å²) >= 11 is 0. The quantitative estimate of drug-likeness (QED) is 0.841. The van der Waals surface area contributed by atoms with Gasteiger partial charge in [-0.3, -0.25) is 4.68 Å². The Morgan fingerprint density at radius 1 is 1.39 bits per heavy atom. The minimum absolute atomic E-state index is 0.0430. The molecule has 2 aliphatic rings. The highest BCUT2D eigenvalue weighted by Crippen LogP contribution is 2.20. The van der Waals surface area contributed by atoms with E-state index in [4.69, 9.17) is 0 Å². The third-order valence-corrected chi connectivity index (χ3v) is 3.67. The molecule has 18 heavy (non-hydrogen) atoms. The molecule has 0 unspecified atom stereocenters. The van der Waals surface area contributed by atoms with Crippen LogP contribution in [0, 0.1) is 0 Å². The average molecular weight is 248 g/mol. The van der Waals surface area contributed by atoms with E-state index >= 15 is 0 Å². The summed E-state index contributed by atoms with van der Waals surface area (Å²) in [6, 6.07) is 0.376. The molecule has 0 bridgehead atoms. The van der Waals surface area contributed by atoms with Crippen LogP contribution in [-0.2, 0) is 19.4 Å². The van der Waals surface area contributed by atoms with Crippen molar-refractivity contribution >= 4 is 6.03 Å². The number of carbonyl (C=O) groups excluding carboxylic acids is 1. The number of aromatic nitrogens is 2. The molecule has 0 spiro atoms. The third kappa shape index (κ3) is 2.66. The highest BCUT2D eigenvalue weighted by atomic mass is 16.2. The normalized spacial score (nSPS) is 18.2. The van der Waals surface area contributed by atoms with Crippen LogP contribution >= 0.6 is 0 Å². The maximum absolute atomic E-state index is 11.5. The Morgan fingerprint density at radius 2 is 2.22 bits per heavy atom. The largest absolute Gasteiger partial charge is 0.336 e. The van der Waals surface area contributed by atoms with Crippen molar-refractivity contribution in [3.63, 3.8) is 0 Å². The zero-order valence-corrected chi connectivity index (χ0v) is 10.6. The Balaban J connectivity index is 1.47. The lowest BCUT2D eigenvalue weighted by Crippen LogP contribution is -2.38. The van der Waals surface area contributed by atoms with Gasteiger partial charge in [-0.25, -0.2) is 4.79 Å². The summed E-state index contributed by atoms with van der Waals surface area (Å²) in [5.41, 5.74) is 2.76. The first-order valence-corrected chi connectivity index (χ1v) is 6.91. The third-order valence-electron chi connectivity index (χ3n) is 3.67. The van der Waals surface area contributed by atoms with Gasteiger partial charge in [-0.05, 0) is 44.1 Å². The average Bonchev–Trinajstić information content (AvgIpc) is 3.09. The van der Waals surface area contributed by atoms with Crippen LogP contribution in [0.4, 0.5) is 4.79 Å². The van der Waals surface area contributed by atoms with Crippen molar-refractivity contribution in [1.82, 2.24) is 20.4 Å². The van der Waals surface area contributed by atoms with Crippen molar-refractivity contribution in [3.05, 3.63) is 17.5 Å². The number of hydrogen-bond donors (Lipinski definition) is 2. The van der Waals surface area contributed by atoms with Crippen LogP contribution < -0.4 is 10.6 Å². The number of carbonyl (C=O) groups is 1. The molecule has 2 amide bonds. The van der Waals surface area contributed by atoms with Crippen molar-refractivity contribution in [2.75, 3.05) is 6.54 Å². The van der Waals surface area contributed by atoms with E-state index in [1.54, 1.807) is 0 Å². The molecular weight excluding hydrogens is 228 g/mol. The van der Waals surface area contributed by atoms with Crippen LogP contribution in [0.2, 0.25) is 0 Å². The van der Waals surface area contributed by atoms with Gasteiger partial charge >= 0.3 is 6.03 Å². The molecule has 2 N–H and O–H groups in total. The minimum Gasteiger partial charge on any atom is -0.336 e. The highest BCUT2D eigenvalue weighted by molar-refractivity contribution is 5.74. The number of amides is 2. The molecule has 1 fully saturated rings. The summed E-state index contributed by atoms with van der Waals surface area (Å²) in [5.74, 6) is 0. The lowest BCUT2D eigenvalue weighted by atomic mass is 9.98. The molecular formula is C13H20N4O. The topological polar surface area (TPSA) is 59.0 Å². The van der Waals surface area contributed by atoms with Gasteiger partial charge in [-0.15, -0.1) is 0 Å². The lowest BCUT2D eigenvalue weighted by molar-refractivity contribution is 0.240. The van der Waals surface area contributed by atoms with Crippen LogP contribution in [0.1, 0.15) is 36.9 Å². The summed E-state index contributed by atoms with van der Waals surface area (Å²) in [6.45, 7) is 1.42. The zero-order chi connectivity index (χ0) is 12.4. The van der Waals surface area contributed by atoms with E-state index < -0.39 is 0 Å². The van der Waals surface area contributed by atoms with E-state index in [9.17, 15) is 4.79 Å². The maximum Gasteiger partial charge on any atom is 0.315 e. The number of rotatable bonds is 4. The second kappa shape index (κ2) is 5.00. The Labute approximate surface area is 107 Å². The number of hydrogen-bond acceptors (Lipinski definition) is 2. The van der Waals surface area contributed by atoms with Gasteiger partial charge in [0.1, 0.15) is 0 Å². The molecule has 0 aromatic carbocycles. The van der Waals surface area contributed by atoms with Crippen molar-refractivity contribution < 1.29 is 4.79 Å². The fourth-order valence-electron chi connectivity index (χ4n) is 2.49. The molecule has 0 atom stereocenters. The number of nitrogens with one attached hydrogen (secondary N) is 2. The Hall–Kier alpha value is -1.52. The number of aryl methyl sites for hydroxylation is 1. The van der Waals surface area contributed by atoms with Gasteiger partial charge in [-0.2, -0.15) is 5.10 Å². The summed E-state index contributed by atoms with van der Waals surface area (Å²) in [4.78, 5) is 11.5. The molecule has 2 aliphatic carbocycles. The summed E-state index contributed by atoms with van der Waals surface area (Å²) in [6.07, 6.45) is 9.06. The van der Waals surface area contributed by atoms with Gasteiger partial charge < -0.3 is 10.6 Å². The van der Waals surface area contributed by atoms with Crippen molar-refractivity contribution in [1.29, 1.82) is 0 Å². The molecule has 1 saturated carbocycles. The molecule has 5 nitrogen and oxygen atoms in total. The van der Waals surface area contributed by atoms with Crippen molar-refractivity contribution in [2.24, 2.45) is 0 Å². The second-order valence-corrected chi connectivity index (χ2v) is 5.22. The van der Waals surface area contributed by atoms with E-state index in [1.165, 1.54) is 24.1 Å². The van der Waals surface area contributed by atoms with Crippen LogP contribution in [0.15, 0.2) is 6.20 Å². The van der Waals surface area contributed by atoms with Gasteiger partial charge in [0.2, 0.25) is 0 Å². The number of urea groups is 1. The highest BCUT2D eigenvalue weighted by Gasteiger charge is 2.23. The molecule has 0 aliphatic heterocycles. The molecule has 1 heterocycles. The van der Waals surface area contributed by atoms with E-state index in [0.29, 0.717) is 12.6 Å². The Bertz CT molecular complexity index is 436. The lowest BCUT2D eigenvalue weighted by Gasteiger charge is -2.14. The summed E-state index contributed by atoms with van der Waals surface area (Å²) in [7, 11) is 0. The maximum atomic E-state index is 11.5. The van der Waals surface area contributed by atoms with Crippen LogP contribution in [0.5, 0.6) is 0 Å². The molecule has 3 rings (SSSR count). The van der Waals surface area contributed by atoms with Crippen molar-refractivity contribution in [3.8, 4) is 0 Å². The summed E-state index contributed by atoms with van der Waals surface area (Å²) < 4.78 is 2.05. The van der Waals surface area contributed by atoms with Gasteiger partial charge in [0, 0.05) is 18.3 Å². The van der Waals surface area contributed by atoms with Gasteiger partial charge in [0.15, 0.2) is 0 Å². The Morgan fingerprint density at radius 3 is 3.06 bits per heavy atom. The SMILES string of the molecule is O=C(NCCn1ncc2c1CCCC2)NC1CC1. The smallest absolute Gasteiger partial charge is 0.315 e. The first kappa shape index (κ1) is 11.6.